The lowest BCUT2D eigenvalue weighted by Crippen LogP contribution is -2.45. The molecule has 1 saturated carbocycles. The molecule has 18 heavy (non-hydrogen) atoms. The summed E-state index contributed by atoms with van der Waals surface area (Å²) in [6.45, 7) is 8.88. The van der Waals surface area contributed by atoms with Crippen LogP contribution in [-0.2, 0) is 4.74 Å². The Hall–Kier alpha value is -0.310. The summed E-state index contributed by atoms with van der Waals surface area (Å²) < 4.78 is 5.56. The highest BCUT2D eigenvalue weighted by atomic mass is 79.9. The molecule has 102 valence electrons. The summed E-state index contributed by atoms with van der Waals surface area (Å²) in [6, 6.07) is 0. The summed E-state index contributed by atoms with van der Waals surface area (Å²) in [5.74, 6) is 2.25. The summed E-state index contributed by atoms with van der Waals surface area (Å²) in [5.41, 5.74) is 2.59. The third-order valence-corrected chi connectivity index (χ3v) is 6.13. The molecule has 0 radical (unpaired) electrons. The molecule has 0 bridgehead atoms. The third kappa shape index (κ3) is 2.26. The van der Waals surface area contributed by atoms with Gasteiger partial charge in [-0.15, -0.1) is 0 Å². The summed E-state index contributed by atoms with van der Waals surface area (Å²) in [4.78, 5) is 5.08. The van der Waals surface area contributed by atoms with Crippen LogP contribution in [0.1, 0.15) is 47.0 Å². The molecule has 2 aliphatic rings. The Morgan fingerprint density at radius 2 is 2.06 bits per heavy atom. The van der Waals surface area contributed by atoms with Gasteiger partial charge in [0.15, 0.2) is 5.90 Å². The number of hydrogen-bond acceptors (Lipinski definition) is 2. The minimum Gasteiger partial charge on any atom is -0.484 e. The lowest BCUT2D eigenvalue weighted by atomic mass is 9.71. The van der Waals surface area contributed by atoms with E-state index in [1.165, 1.54) is 24.8 Å². The fraction of sp³-hybridized carbons (Fsp3) is 0.800. The van der Waals surface area contributed by atoms with Crippen molar-refractivity contribution in [3.63, 3.8) is 0 Å². The lowest BCUT2D eigenvalue weighted by Gasteiger charge is -2.42. The van der Waals surface area contributed by atoms with Crippen LogP contribution in [0.25, 0.3) is 0 Å². The van der Waals surface area contributed by atoms with Crippen LogP contribution in [0, 0.1) is 17.3 Å². The van der Waals surface area contributed by atoms with Gasteiger partial charge >= 0.3 is 0 Å². The highest BCUT2D eigenvalue weighted by molar-refractivity contribution is 9.09. The molecule has 1 fully saturated rings. The van der Waals surface area contributed by atoms with Gasteiger partial charge in [0, 0.05) is 5.70 Å². The molecule has 2 atom stereocenters. The van der Waals surface area contributed by atoms with Crippen LogP contribution in [0.2, 0.25) is 0 Å². The van der Waals surface area contributed by atoms with Gasteiger partial charge in [-0.3, -0.25) is 0 Å². The maximum atomic E-state index is 5.56. The topological polar surface area (TPSA) is 21.6 Å². The molecule has 0 aromatic rings. The zero-order chi connectivity index (χ0) is 13.5. The van der Waals surface area contributed by atoms with Gasteiger partial charge in [-0.1, -0.05) is 29.8 Å². The van der Waals surface area contributed by atoms with Gasteiger partial charge in [0.05, 0.1) is 17.4 Å². The Morgan fingerprint density at radius 3 is 2.50 bits per heavy atom. The van der Waals surface area contributed by atoms with Crippen LogP contribution >= 0.6 is 15.9 Å². The van der Waals surface area contributed by atoms with E-state index in [-0.39, 0.29) is 5.41 Å². The van der Waals surface area contributed by atoms with Crippen molar-refractivity contribution in [1.29, 1.82) is 0 Å². The van der Waals surface area contributed by atoms with E-state index in [4.69, 9.17) is 9.73 Å². The summed E-state index contributed by atoms with van der Waals surface area (Å²) in [5, 5.41) is 0. The molecular formula is C15H24BrNO. The SMILES string of the molecule is COC1=NC(C)=C(CC2CC2)C(Br)C1(C)C(C)C. The van der Waals surface area contributed by atoms with Crippen molar-refractivity contribution < 1.29 is 4.74 Å². The molecule has 0 aromatic carbocycles. The first kappa shape index (κ1) is 14.1. The molecule has 1 heterocycles. The van der Waals surface area contributed by atoms with Crippen LogP contribution in [0.15, 0.2) is 16.3 Å². The van der Waals surface area contributed by atoms with Crippen LogP contribution in [0.5, 0.6) is 0 Å². The molecule has 0 saturated heterocycles. The van der Waals surface area contributed by atoms with Crippen LogP contribution < -0.4 is 0 Å². The van der Waals surface area contributed by atoms with Gasteiger partial charge in [0.2, 0.25) is 0 Å². The fourth-order valence-electron chi connectivity index (χ4n) is 2.69. The Labute approximate surface area is 119 Å². The zero-order valence-corrected chi connectivity index (χ0v) is 13.7. The third-order valence-electron chi connectivity index (χ3n) is 4.63. The second kappa shape index (κ2) is 4.99. The highest BCUT2D eigenvalue weighted by Crippen LogP contribution is 2.48. The van der Waals surface area contributed by atoms with Crippen LogP contribution in [0.4, 0.5) is 0 Å². The molecule has 3 heteroatoms. The quantitative estimate of drug-likeness (QED) is 0.701. The predicted molar refractivity (Wildman–Crippen MR) is 80.1 cm³/mol. The molecule has 0 N–H and O–H groups in total. The number of methoxy groups -OCH3 is 1. The van der Waals surface area contributed by atoms with Gasteiger partial charge in [-0.2, -0.15) is 0 Å². The first-order valence-corrected chi connectivity index (χ1v) is 7.79. The first-order valence-electron chi connectivity index (χ1n) is 6.88. The van der Waals surface area contributed by atoms with Crippen molar-refractivity contribution in [2.24, 2.45) is 22.2 Å². The Kier molecular flexibility index (Phi) is 3.91. The van der Waals surface area contributed by atoms with E-state index in [1.807, 2.05) is 0 Å². The number of aliphatic imine (C=N–C) groups is 1. The number of rotatable bonds is 3. The van der Waals surface area contributed by atoms with Gasteiger partial charge in [-0.25, -0.2) is 4.99 Å². The normalized spacial score (nSPS) is 32.8. The number of hydrogen-bond donors (Lipinski definition) is 0. The zero-order valence-electron chi connectivity index (χ0n) is 12.1. The number of alkyl halides is 1. The van der Waals surface area contributed by atoms with Crippen molar-refractivity contribution >= 4 is 21.8 Å². The number of allylic oxidation sites excluding steroid dienone is 2. The Morgan fingerprint density at radius 1 is 1.44 bits per heavy atom. The van der Waals surface area contributed by atoms with E-state index in [0.29, 0.717) is 10.7 Å². The first-order chi connectivity index (χ1) is 8.41. The molecule has 0 spiro atoms. The van der Waals surface area contributed by atoms with Crippen LogP contribution in [0.3, 0.4) is 0 Å². The second-order valence-corrected chi connectivity index (χ2v) is 7.09. The monoisotopic (exact) mass is 313 g/mol. The average molecular weight is 314 g/mol. The van der Waals surface area contributed by atoms with Gasteiger partial charge in [0.1, 0.15) is 0 Å². The van der Waals surface area contributed by atoms with E-state index in [9.17, 15) is 0 Å². The van der Waals surface area contributed by atoms with Crippen molar-refractivity contribution in [1.82, 2.24) is 0 Å². The molecule has 0 amide bonds. The molecule has 0 aromatic heterocycles. The van der Waals surface area contributed by atoms with Gasteiger partial charge < -0.3 is 4.74 Å². The smallest absolute Gasteiger partial charge is 0.195 e. The summed E-state index contributed by atoms with van der Waals surface area (Å²) >= 11 is 3.94. The van der Waals surface area contributed by atoms with Gasteiger partial charge in [-0.05, 0) is 50.5 Å². The second-order valence-electron chi connectivity index (χ2n) is 6.18. The van der Waals surface area contributed by atoms with Crippen molar-refractivity contribution in [3.05, 3.63) is 11.3 Å². The lowest BCUT2D eigenvalue weighted by molar-refractivity contribution is 0.246. The van der Waals surface area contributed by atoms with E-state index < -0.39 is 0 Å². The maximum absolute atomic E-state index is 5.56. The maximum Gasteiger partial charge on any atom is 0.195 e. The fourth-order valence-corrected chi connectivity index (χ4v) is 3.93. The highest BCUT2D eigenvalue weighted by Gasteiger charge is 2.47. The molecule has 1 aliphatic heterocycles. The molecular weight excluding hydrogens is 290 g/mol. The van der Waals surface area contributed by atoms with Crippen molar-refractivity contribution in [2.75, 3.05) is 7.11 Å². The van der Waals surface area contributed by atoms with Crippen LogP contribution in [-0.4, -0.2) is 17.8 Å². The van der Waals surface area contributed by atoms with Crippen molar-refractivity contribution in [2.45, 2.75) is 51.8 Å². The minimum absolute atomic E-state index is 0.0432. The largest absolute Gasteiger partial charge is 0.484 e. The average Bonchev–Trinajstić information content (AvgIpc) is 3.12. The van der Waals surface area contributed by atoms with E-state index in [1.54, 1.807) is 7.11 Å². The Balaban J connectivity index is 2.37. The molecule has 2 rings (SSSR count). The van der Waals surface area contributed by atoms with E-state index >= 15 is 0 Å². The number of halogens is 1. The summed E-state index contributed by atoms with van der Waals surface area (Å²) in [7, 11) is 1.73. The predicted octanol–water partition coefficient (Wildman–Crippen LogP) is 4.54. The van der Waals surface area contributed by atoms with Gasteiger partial charge in [0.25, 0.3) is 0 Å². The molecule has 2 nitrogen and oxygen atoms in total. The summed E-state index contributed by atoms with van der Waals surface area (Å²) in [6.07, 6.45) is 3.97. The van der Waals surface area contributed by atoms with E-state index in [0.717, 1.165) is 17.5 Å². The number of nitrogens with zero attached hydrogens (tertiary/aromatic N) is 1. The number of ether oxygens (including phenoxy) is 1. The molecule has 1 aliphatic carbocycles. The van der Waals surface area contributed by atoms with Crippen molar-refractivity contribution in [3.8, 4) is 0 Å². The minimum atomic E-state index is -0.0432. The standard InChI is InChI=1S/C15H24BrNO/c1-9(2)15(4)13(16)12(8-11-6-7-11)10(3)17-14(15)18-5/h9,11,13H,6-8H2,1-5H3. The Bertz CT molecular complexity index is 395. The van der Waals surface area contributed by atoms with E-state index in [2.05, 4.69) is 43.6 Å². The molecule has 2 unspecified atom stereocenters.